The Hall–Kier alpha value is -0.488. The molecule has 0 heterocycles. The van der Waals surface area contributed by atoms with Gasteiger partial charge in [-0.15, -0.1) is 0 Å². The summed E-state index contributed by atoms with van der Waals surface area (Å²) in [6.07, 6.45) is 18.5. The van der Waals surface area contributed by atoms with Crippen molar-refractivity contribution in [3.63, 3.8) is 0 Å². The van der Waals surface area contributed by atoms with Gasteiger partial charge in [-0.3, -0.25) is 0 Å². The molecule has 1 atom stereocenters. The average molecular weight is 419 g/mol. The molecule has 0 amide bonds. The van der Waals surface area contributed by atoms with Crippen LogP contribution in [0.15, 0.2) is 30.3 Å². The molecule has 0 aliphatic rings. The van der Waals surface area contributed by atoms with Gasteiger partial charge in [-0.1, -0.05) is 133 Å². The fraction of sp³-hybridized carbons (Fsp3) is 0.769. The molecule has 1 aromatic carbocycles. The zero-order valence-electron chi connectivity index (χ0n) is 19.7. The minimum absolute atomic E-state index is 0.0563. The molecule has 0 bridgehead atoms. The quantitative estimate of drug-likeness (QED) is 0.119. The maximum absolute atomic E-state index is 6.67. The molecule has 0 fully saturated rings. The number of unbranched alkanes of at least 4 members (excludes halogenated alkanes) is 10. The van der Waals surface area contributed by atoms with Gasteiger partial charge >= 0.3 is 14.5 Å². The van der Waals surface area contributed by atoms with Crippen LogP contribution in [-0.2, 0) is 3.79 Å². The van der Waals surface area contributed by atoms with Crippen LogP contribution in [0.25, 0.3) is 0 Å². The number of rotatable bonds is 20. The van der Waals surface area contributed by atoms with Crippen LogP contribution in [0.1, 0.15) is 111 Å². The Kier molecular flexibility index (Phi) is 17.8. The van der Waals surface area contributed by atoms with Crippen molar-refractivity contribution in [2.45, 2.75) is 128 Å². The van der Waals surface area contributed by atoms with Crippen LogP contribution >= 0.6 is 0 Å². The zero-order chi connectivity index (χ0) is 21.0. The predicted molar refractivity (Wildman–Crippen MR) is 129 cm³/mol. The first-order valence-corrected chi connectivity index (χ1v) is 14.8. The molecule has 0 saturated carbocycles. The molecule has 0 radical (unpaired) electrons. The second kappa shape index (κ2) is 19.5. The Labute approximate surface area is 186 Å². The monoisotopic (exact) mass is 418 g/mol. The fourth-order valence-electron chi connectivity index (χ4n) is 3.84. The molecule has 0 N–H and O–H groups in total. The van der Waals surface area contributed by atoms with Crippen molar-refractivity contribution in [3.05, 3.63) is 30.3 Å². The standard InChI is InChI=1S/C10H13O2.2C8H17.Al/c1-2-6-10(11)12-9-7-4-3-5-8-9;2*1-3-5-7-8-6-4-2;/h3-5,7-8,10H,2,6H2,1H3;2*1,3-8H2,2H3;/q-1;;;+1. The molecule has 0 spiro atoms. The van der Waals surface area contributed by atoms with E-state index in [1.807, 2.05) is 30.3 Å². The summed E-state index contributed by atoms with van der Waals surface area (Å²) in [6, 6.07) is 10.2. The maximum Gasteiger partial charge on any atom is 0.463 e. The third-order valence-corrected chi connectivity index (χ3v) is 8.43. The van der Waals surface area contributed by atoms with E-state index in [9.17, 15) is 0 Å². The summed E-state index contributed by atoms with van der Waals surface area (Å²) in [4.78, 5) is 0. The molecule has 0 aromatic heterocycles. The van der Waals surface area contributed by atoms with E-state index in [0.717, 1.165) is 18.6 Å². The minimum Gasteiger partial charge on any atom is -0.469 e. The molecular formula is C26H47AlO2. The molecule has 1 rings (SSSR count). The van der Waals surface area contributed by atoms with Gasteiger partial charge in [-0.25, -0.2) is 0 Å². The summed E-state index contributed by atoms with van der Waals surface area (Å²) in [7, 11) is 0. The van der Waals surface area contributed by atoms with Gasteiger partial charge < -0.3 is 8.53 Å². The predicted octanol–water partition coefficient (Wildman–Crippen LogP) is 8.92. The van der Waals surface area contributed by atoms with Crippen LogP contribution in [0, 0.1) is 0 Å². The molecule has 0 saturated heterocycles. The van der Waals surface area contributed by atoms with Gasteiger partial charge in [0.15, 0.2) is 6.29 Å². The molecule has 29 heavy (non-hydrogen) atoms. The molecule has 1 aromatic rings. The molecule has 166 valence electrons. The highest BCUT2D eigenvalue weighted by molar-refractivity contribution is 6.51. The molecule has 3 heteroatoms. The maximum atomic E-state index is 6.67. The van der Waals surface area contributed by atoms with E-state index in [-0.39, 0.29) is 6.29 Å². The molecule has 2 nitrogen and oxygen atoms in total. The SMILES string of the molecule is CCCCCCC[CH2][Al]([CH2]CCCCCCC)[O]C(CCC)Oc1ccccc1. The summed E-state index contributed by atoms with van der Waals surface area (Å²) >= 11 is -1.21. The molecule has 1 unspecified atom stereocenters. The van der Waals surface area contributed by atoms with Crippen molar-refractivity contribution in [2.24, 2.45) is 0 Å². The van der Waals surface area contributed by atoms with Crippen LogP contribution in [0.3, 0.4) is 0 Å². The Morgan fingerprint density at radius 1 is 0.655 bits per heavy atom. The average Bonchev–Trinajstić information content (AvgIpc) is 2.73. The first-order chi connectivity index (χ1) is 14.3. The van der Waals surface area contributed by atoms with E-state index in [0.29, 0.717) is 0 Å². The van der Waals surface area contributed by atoms with E-state index < -0.39 is 14.5 Å². The smallest absolute Gasteiger partial charge is 0.463 e. The molecule has 0 aliphatic heterocycles. The lowest BCUT2D eigenvalue weighted by Gasteiger charge is -2.24. The largest absolute Gasteiger partial charge is 0.469 e. The van der Waals surface area contributed by atoms with Gasteiger partial charge in [-0.2, -0.15) is 0 Å². The second-order valence-electron chi connectivity index (χ2n) is 8.52. The zero-order valence-corrected chi connectivity index (χ0v) is 20.8. The van der Waals surface area contributed by atoms with Crippen molar-refractivity contribution in [3.8, 4) is 5.75 Å². The summed E-state index contributed by atoms with van der Waals surface area (Å²) in [5.74, 6) is 0.942. The topological polar surface area (TPSA) is 18.5 Å². The lowest BCUT2D eigenvalue weighted by Crippen LogP contribution is -2.30. The van der Waals surface area contributed by atoms with Crippen LogP contribution in [0.4, 0.5) is 0 Å². The van der Waals surface area contributed by atoms with Gasteiger partial charge in [0.1, 0.15) is 5.75 Å². The van der Waals surface area contributed by atoms with E-state index >= 15 is 0 Å². The van der Waals surface area contributed by atoms with Crippen molar-refractivity contribution >= 4 is 14.5 Å². The van der Waals surface area contributed by atoms with Crippen molar-refractivity contribution in [1.82, 2.24) is 0 Å². The van der Waals surface area contributed by atoms with Gasteiger partial charge in [0.05, 0.1) is 0 Å². The normalized spacial score (nSPS) is 12.1. The van der Waals surface area contributed by atoms with E-state index in [2.05, 4.69) is 20.8 Å². The number of benzene rings is 1. The Bertz CT molecular complexity index is 435. The first-order valence-electron chi connectivity index (χ1n) is 12.7. The lowest BCUT2D eigenvalue weighted by atomic mass is 10.1. The second-order valence-corrected chi connectivity index (χ2v) is 11.2. The third-order valence-electron chi connectivity index (χ3n) is 5.64. The van der Waals surface area contributed by atoms with Crippen LogP contribution in [-0.4, -0.2) is 20.8 Å². The molecular weight excluding hydrogens is 371 g/mol. The highest BCUT2D eigenvalue weighted by Crippen LogP contribution is 2.20. The van der Waals surface area contributed by atoms with Crippen LogP contribution in [0.5, 0.6) is 5.75 Å². The van der Waals surface area contributed by atoms with Crippen LogP contribution in [0.2, 0.25) is 10.6 Å². The Morgan fingerprint density at radius 2 is 1.17 bits per heavy atom. The summed E-state index contributed by atoms with van der Waals surface area (Å²) in [5, 5.41) is 2.64. The number of ether oxygens (including phenoxy) is 1. The minimum atomic E-state index is -1.21. The summed E-state index contributed by atoms with van der Waals surface area (Å²) < 4.78 is 12.9. The highest BCUT2D eigenvalue weighted by Gasteiger charge is 2.24. The van der Waals surface area contributed by atoms with Gasteiger partial charge in [-0.05, 0) is 12.1 Å². The van der Waals surface area contributed by atoms with E-state index in [1.165, 1.54) is 87.6 Å². The molecule has 0 aliphatic carbocycles. The Balaban J connectivity index is 2.46. The number of hydrogen-bond donors (Lipinski definition) is 0. The first kappa shape index (κ1) is 26.5. The lowest BCUT2D eigenvalue weighted by molar-refractivity contribution is -0.00468. The van der Waals surface area contributed by atoms with Gasteiger partial charge in [0.25, 0.3) is 0 Å². The van der Waals surface area contributed by atoms with Gasteiger partial charge in [0, 0.05) is 6.42 Å². The number of para-hydroxylation sites is 1. The number of hydrogen-bond acceptors (Lipinski definition) is 2. The van der Waals surface area contributed by atoms with Crippen molar-refractivity contribution in [2.75, 3.05) is 0 Å². The van der Waals surface area contributed by atoms with Crippen molar-refractivity contribution < 1.29 is 8.53 Å². The fourth-order valence-corrected chi connectivity index (χ4v) is 6.51. The van der Waals surface area contributed by atoms with Crippen molar-refractivity contribution in [1.29, 1.82) is 0 Å². The van der Waals surface area contributed by atoms with Gasteiger partial charge in [0.2, 0.25) is 0 Å². The van der Waals surface area contributed by atoms with E-state index in [1.54, 1.807) is 0 Å². The Morgan fingerprint density at radius 3 is 1.69 bits per heavy atom. The summed E-state index contributed by atoms with van der Waals surface area (Å²) in [5.41, 5.74) is 0. The van der Waals surface area contributed by atoms with Crippen LogP contribution < -0.4 is 4.74 Å². The third kappa shape index (κ3) is 15.0. The van der Waals surface area contributed by atoms with E-state index in [4.69, 9.17) is 8.53 Å². The summed E-state index contributed by atoms with van der Waals surface area (Å²) in [6.45, 7) is 6.80. The highest BCUT2D eigenvalue weighted by atomic mass is 27.2.